The van der Waals surface area contributed by atoms with Crippen molar-refractivity contribution in [3.8, 4) is 28.5 Å². The van der Waals surface area contributed by atoms with Gasteiger partial charge in [0.2, 0.25) is 0 Å². The molecule has 7 aromatic rings. The molecule has 22 heteroatoms. The summed E-state index contributed by atoms with van der Waals surface area (Å²) >= 11 is 1.13. The molecule has 4 aromatic heterocycles. The molecule has 3 aromatic carbocycles. The molecule has 0 unspecified atom stereocenters. The lowest BCUT2D eigenvalue weighted by Crippen LogP contribution is -2.43. The van der Waals surface area contributed by atoms with Crippen LogP contribution in [0.25, 0.3) is 33.9 Å². The number of nitrogens with one attached hydrogen (secondary N) is 1. The predicted octanol–water partition coefficient (Wildman–Crippen LogP) is 6.75. The second-order valence-corrected chi connectivity index (χ2v) is 18.4. The second-order valence-electron chi connectivity index (χ2n) is 17.4. The summed E-state index contributed by atoms with van der Waals surface area (Å²) in [5.41, 5.74) is 4.58. The maximum Gasteiger partial charge on any atom is 0.345 e. The molecule has 77 heavy (non-hydrogen) atoms. The number of aliphatic hydroxyl groups excluding tert-OH is 1. The van der Waals surface area contributed by atoms with E-state index >= 15 is 0 Å². The van der Waals surface area contributed by atoms with Crippen molar-refractivity contribution in [1.29, 1.82) is 0 Å². The molecular formula is C55H60N8O13S. The van der Waals surface area contributed by atoms with Crippen molar-refractivity contribution >= 4 is 56.8 Å². The summed E-state index contributed by atoms with van der Waals surface area (Å²) < 4.78 is 54.3. The number of carbonyl (C=O) groups is 1. The minimum absolute atomic E-state index is 0.0112. The van der Waals surface area contributed by atoms with Crippen molar-refractivity contribution in [3.05, 3.63) is 141 Å². The Labute approximate surface area is 447 Å². The van der Waals surface area contributed by atoms with Gasteiger partial charge in [-0.3, -0.25) is 0 Å². The summed E-state index contributed by atoms with van der Waals surface area (Å²) in [6, 6.07) is 25.4. The highest BCUT2D eigenvalue weighted by Crippen LogP contribution is 2.41. The Balaban J connectivity index is 0.582. The number of benzene rings is 3. The van der Waals surface area contributed by atoms with E-state index in [9.17, 15) is 19.8 Å². The Morgan fingerprint density at radius 1 is 0.818 bits per heavy atom. The van der Waals surface area contributed by atoms with Gasteiger partial charge in [-0.25, -0.2) is 24.2 Å². The van der Waals surface area contributed by atoms with Crippen molar-refractivity contribution in [2.24, 2.45) is 4.99 Å². The fourth-order valence-corrected chi connectivity index (χ4v) is 9.16. The number of fused-ring (bicyclic) bond motifs is 2. The van der Waals surface area contributed by atoms with E-state index in [1.54, 1.807) is 54.3 Å². The normalized spacial score (nSPS) is 14.9. The van der Waals surface area contributed by atoms with E-state index in [0.717, 1.165) is 49.0 Å². The minimum Gasteiger partial charge on any atom is -0.506 e. The van der Waals surface area contributed by atoms with Gasteiger partial charge in [0.05, 0.1) is 107 Å². The lowest BCUT2D eigenvalue weighted by molar-refractivity contribution is -0.138. The average molecular weight is 1070 g/mol. The van der Waals surface area contributed by atoms with Crippen LogP contribution in [-0.4, -0.2) is 151 Å². The van der Waals surface area contributed by atoms with Gasteiger partial charge in [-0.15, -0.1) is 5.10 Å². The number of pyridine rings is 1. The van der Waals surface area contributed by atoms with E-state index in [-0.39, 0.29) is 49.3 Å². The molecule has 3 N–H and O–H groups in total. The van der Waals surface area contributed by atoms with Crippen molar-refractivity contribution in [3.63, 3.8) is 0 Å². The van der Waals surface area contributed by atoms with Crippen LogP contribution in [0.15, 0.2) is 134 Å². The van der Waals surface area contributed by atoms with Crippen LogP contribution in [0.2, 0.25) is 0 Å². The first-order valence-electron chi connectivity index (χ1n) is 25.3. The summed E-state index contributed by atoms with van der Waals surface area (Å²) in [6.07, 6.45) is 7.09. The summed E-state index contributed by atoms with van der Waals surface area (Å²) in [5.74, 6) is -0.108. The molecule has 6 heterocycles. The number of carbonyl (C=O) groups excluding carboxylic acids is 1. The molecule has 1 fully saturated rings. The molecule has 9 rings (SSSR count). The Bertz CT molecular complexity index is 3240. The lowest BCUT2D eigenvalue weighted by atomic mass is 10.1. The molecule has 0 atom stereocenters. The van der Waals surface area contributed by atoms with Crippen molar-refractivity contribution in [2.45, 2.75) is 20.1 Å². The molecule has 0 saturated carbocycles. The molecule has 1 saturated heterocycles. The number of phenolic OH excluding ortho intramolecular Hbond substituents is 1. The quantitative estimate of drug-likeness (QED) is 0.0261. The number of rotatable bonds is 28. The maximum atomic E-state index is 13.1. The number of phenols is 1. The molecule has 0 aliphatic carbocycles. The zero-order valence-electron chi connectivity index (χ0n) is 42.5. The van der Waals surface area contributed by atoms with E-state index in [1.807, 2.05) is 59.1 Å². The monoisotopic (exact) mass is 1070 g/mol. The Hall–Kier alpha value is -7.57. The molecule has 21 nitrogen and oxygen atoms in total. The van der Waals surface area contributed by atoms with Crippen molar-refractivity contribution in [1.82, 2.24) is 29.7 Å². The largest absolute Gasteiger partial charge is 0.506 e. The maximum absolute atomic E-state index is 13.1. The van der Waals surface area contributed by atoms with E-state index in [1.165, 1.54) is 6.07 Å². The number of esters is 1. The van der Waals surface area contributed by atoms with Crippen molar-refractivity contribution < 1.29 is 57.3 Å². The summed E-state index contributed by atoms with van der Waals surface area (Å²) in [4.78, 5) is 37.7. The van der Waals surface area contributed by atoms with Gasteiger partial charge in [-0.1, -0.05) is 41.2 Å². The smallest absolute Gasteiger partial charge is 0.345 e. The third kappa shape index (κ3) is 15.1. The van der Waals surface area contributed by atoms with Gasteiger partial charge in [-0.05, 0) is 67.1 Å². The fourth-order valence-electron chi connectivity index (χ4n) is 8.13. The first kappa shape index (κ1) is 54.2. The number of hydrogen-bond acceptors (Lipinski definition) is 20. The number of aliphatic imine (C=N–C) groups is 1. The molecule has 0 bridgehead atoms. The van der Waals surface area contributed by atoms with Crippen LogP contribution < -0.4 is 25.3 Å². The van der Waals surface area contributed by atoms with Crippen molar-refractivity contribution in [2.75, 3.05) is 110 Å². The Morgan fingerprint density at radius 2 is 1.56 bits per heavy atom. The van der Waals surface area contributed by atoms with Crippen LogP contribution in [0.5, 0.6) is 17.2 Å². The number of aliphatic hydroxyl groups is 1. The molecule has 404 valence electrons. The summed E-state index contributed by atoms with van der Waals surface area (Å²) in [6.45, 7) is 10.2. The van der Waals surface area contributed by atoms with Crippen LogP contribution in [0.1, 0.15) is 18.2 Å². The number of aromatic hydroxyl groups is 1. The Morgan fingerprint density at radius 3 is 2.32 bits per heavy atom. The van der Waals surface area contributed by atoms with Gasteiger partial charge in [0.25, 0.3) is 0 Å². The lowest BCUT2D eigenvalue weighted by Gasteiger charge is -2.29. The minimum atomic E-state index is -0.671. The van der Waals surface area contributed by atoms with Crippen LogP contribution in [0.4, 0.5) is 11.4 Å². The number of ether oxygens (including phenoxy) is 8. The number of anilines is 1. The van der Waals surface area contributed by atoms with Gasteiger partial charge in [0.1, 0.15) is 52.3 Å². The van der Waals surface area contributed by atoms with Gasteiger partial charge in [-0.2, -0.15) is 0 Å². The standard InChI is InChI=1S/C55H60N8O13S/c1-2-73-55(67)51-52(65)49(77-53(51)57-40-6-4-3-5-7-40)31-38-8-11-47(46(64)30-38)75-29-27-68-19-18-63-35-41(59-60-63)37-72-25-24-70-21-20-69-22-23-71-26-28-74-43-12-15-62-36-45(58-50(62)34-43)44-32-39-9-10-42(33-48(39)76-54(44)66)61-16-13-56-14-17-61/h3-12,15,30-36,56,64-65H,2,13-14,16-29,37H2,1H3/b49-31-,57-53?. The molecule has 2 aliphatic rings. The SMILES string of the molecule is CCOC(=O)C1=C(O)/C(=C/c2ccc(OCCOCCn3cc(COCCOCCOCCOCCOc4ccn5cc(-c6cc7ccc(N8CCNCC8)cc7oc6=O)nc5c4)nn3)c(O)c2)SC1=Nc1ccccc1. The van der Waals surface area contributed by atoms with Gasteiger partial charge in [0, 0.05) is 61.8 Å². The molecular weight excluding hydrogens is 1010 g/mol. The Kier molecular flexibility index (Phi) is 19.3. The van der Waals surface area contributed by atoms with Crippen LogP contribution in [0, 0.1) is 0 Å². The zero-order valence-corrected chi connectivity index (χ0v) is 43.4. The first-order valence-corrected chi connectivity index (χ1v) is 26.1. The third-order valence-electron chi connectivity index (χ3n) is 11.9. The van der Waals surface area contributed by atoms with Crippen LogP contribution in [-0.2, 0) is 46.4 Å². The molecule has 0 spiro atoms. The number of imidazole rings is 1. The number of hydrogen-bond donors (Lipinski definition) is 3. The van der Waals surface area contributed by atoms with Gasteiger partial charge in [0.15, 0.2) is 11.5 Å². The zero-order chi connectivity index (χ0) is 53.2. The number of piperazine rings is 1. The highest BCUT2D eigenvalue weighted by molar-refractivity contribution is 8.18. The number of para-hydroxylation sites is 1. The summed E-state index contributed by atoms with van der Waals surface area (Å²) in [7, 11) is 0. The van der Waals surface area contributed by atoms with E-state index in [2.05, 4.69) is 36.6 Å². The fraction of sp³-hybridized carbons (Fsp3) is 0.345. The molecule has 2 aliphatic heterocycles. The highest BCUT2D eigenvalue weighted by atomic mass is 32.2. The van der Waals surface area contributed by atoms with E-state index < -0.39 is 11.6 Å². The van der Waals surface area contributed by atoms with Crippen LogP contribution in [0.3, 0.4) is 0 Å². The van der Waals surface area contributed by atoms with Gasteiger partial charge < -0.3 is 67.1 Å². The first-order chi connectivity index (χ1) is 37.8. The van der Waals surface area contributed by atoms with Crippen LogP contribution >= 0.6 is 11.8 Å². The predicted molar refractivity (Wildman–Crippen MR) is 289 cm³/mol. The van der Waals surface area contributed by atoms with Gasteiger partial charge >= 0.3 is 11.6 Å². The summed E-state index contributed by atoms with van der Waals surface area (Å²) in [5, 5.41) is 34.5. The number of aromatic nitrogens is 5. The topological polar surface area (TPSA) is 237 Å². The number of nitrogens with zero attached hydrogens (tertiary/aromatic N) is 7. The molecule has 0 amide bonds. The highest BCUT2D eigenvalue weighted by Gasteiger charge is 2.33. The third-order valence-corrected chi connectivity index (χ3v) is 13.0. The van der Waals surface area contributed by atoms with E-state index in [0.29, 0.717) is 121 Å². The number of thioether (sulfide) groups is 1. The average Bonchev–Trinajstić information content (AvgIpc) is 4.19. The van der Waals surface area contributed by atoms with E-state index in [4.69, 9.17) is 42.3 Å². The molecule has 0 radical (unpaired) electrons. The second kappa shape index (κ2) is 27.5.